The van der Waals surface area contributed by atoms with E-state index < -0.39 is 17.5 Å². The summed E-state index contributed by atoms with van der Waals surface area (Å²) in [6.07, 6.45) is -0.516. The summed E-state index contributed by atoms with van der Waals surface area (Å²) in [4.78, 5) is 11.5. The van der Waals surface area contributed by atoms with Gasteiger partial charge in [0.2, 0.25) is 5.91 Å². The van der Waals surface area contributed by atoms with E-state index in [1.54, 1.807) is 19.1 Å². The van der Waals surface area contributed by atoms with E-state index >= 15 is 0 Å². The molecule has 134 valence electrons. The number of fused-ring (bicyclic) bond motifs is 8. The van der Waals surface area contributed by atoms with Gasteiger partial charge >= 0.3 is 0 Å². The molecule has 2 N–H and O–H groups in total. The zero-order valence-corrected chi connectivity index (χ0v) is 14.4. The lowest BCUT2D eigenvalue weighted by Gasteiger charge is -2.18. The van der Waals surface area contributed by atoms with Crippen molar-refractivity contribution >= 4 is 5.91 Å². The Morgan fingerprint density at radius 3 is 2.30 bits per heavy atom. The Balaban J connectivity index is 1.64. The molecule has 2 unspecified atom stereocenters. The number of ether oxygens (including phenoxy) is 1. The molecule has 0 saturated heterocycles. The molecule has 3 nitrogen and oxygen atoms in total. The lowest BCUT2D eigenvalue weighted by atomic mass is 9.83. The summed E-state index contributed by atoms with van der Waals surface area (Å²) in [6, 6.07) is 13.2. The van der Waals surface area contributed by atoms with Gasteiger partial charge in [0.25, 0.3) is 0 Å². The van der Waals surface area contributed by atoms with Crippen LogP contribution in [0.25, 0.3) is 11.1 Å². The van der Waals surface area contributed by atoms with Gasteiger partial charge in [-0.25, -0.2) is 8.78 Å². The molecule has 2 aliphatic heterocycles. The Morgan fingerprint density at radius 2 is 1.59 bits per heavy atom. The minimum atomic E-state index is -0.592. The lowest BCUT2D eigenvalue weighted by Crippen LogP contribution is -2.12. The number of hydrogen-bond acceptors (Lipinski definition) is 2. The second kappa shape index (κ2) is 5.47. The van der Waals surface area contributed by atoms with Gasteiger partial charge in [0, 0.05) is 17.2 Å². The predicted molar refractivity (Wildman–Crippen MR) is 96.3 cm³/mol. The van der Waals surface area contributed by atoms with Crippen molar-refractivity contribution in [2.75, 3.05) is 0 Å². The molecule has 27 heavy (non-hydrogen) atoms. The van der Waals surface area contributed by atoms with Gasteiger partial charge in [0.1, 0.15) is 23.8 Å². The number of carbonyl (C=O) groups is 1. The molecule has 0 spiro atoms. The summed E-state index contributed by atoms with van der Waals surface area (Å²) in [5.41, 5.74) is 11.3. The fourth-order valence-electron chi connectivity index (χ4n) is 4.22. The molecule has 0 saturated carbocycles. The van der Waals surface area contributed by atoms with Crippen molar-refractivity contribution in [2.24, 2.45) is 5.73 Å². The van der Waals surface area contributed by atoms with Gasteiger partial charge in [0.15, 0.2) is 0 Å². The summed E-state index contributed by atoms with van der Waals surface area (Å²) in [5.74, 6) is -1.67. The molecule has 2 bridgehead atoms. The maximum absolute atomic E-state index is 14.4. The third-order valence-electron chi connectivity index (χ3n) is 5.40. The fourth-order valence-corrected chi connectivity index (χ4v) is 4.22. The molecule has 2 atom stereocenters. The van der Waals surface area contributed by atoms with Crippen LogP contribution in [0, 0.1) is 18.6 Å². The zero-order valence-electron chi connectivity index (χ0n) is 14.4. The van der Waals surface area contributed by atoms with Crippen LogP contribution in [0.3, 0.4) is 0 Å². The maximum atomic E-state index is 14.4. The third kappa shape index (κ3) is 2.25. The van der Waals surface area contributed by atoms with Gasteiger partial charge < -0.3 is 10.5 Å². The van der Waals surface area contributed by atoms with Crippen molar-refractivity contribution < 1.29 is 18.3 Å². The number of primary amides is 1. The summed E-state index contributed by atoms with van der Waals surface area (Å²) in [6.45, 7) is 1.69. The van der Waals surface area contributed by atoms with Crippen LogP contribution >= 0.6 is 0 Å². The van der Waals surface area contributed by atoms with Gasteiger partial charge in [0.05, 0.1) is 0 Å². The monoisotopic (exact) mass is 363 g/mol. The normalized spacial score (nSPS) is 19.1. The number of hydrogen-bond donors (Lipinski definition) is 1. The highest BCUT2D eigenvalue weighted by molar-refractivity contribution is 5.93. The van der Waals surface area contributed by atoms with Crippen LogP contribution in [0.5, 0.6) is 0 Å². The van der Waals surface area contributed by atoms with E-state index in [1.807, 2.05) is 24.3 Å². The van der Waals surface area contributed by atoms with E-state index in [-0.39, 0.29) is 12.2 Å². The van der Waals surface area contributed by atoms with Crippen LogP contribution in [0.4, 0.5) is 8.78 Å². The average Bonchev–Trinajstić information content (AvgIpc) is 3.17. The molecule has 5 heteroatoms. The number of benzene rings is 3. The van der Waals surface area contributed by atoms with Crippen molar-refractivity contribution in [1.29, 1.82) is 0 Å². The minimum Gasteiger partial charge on any atom is -0.366 e. The number of rotatable bonds is 2. The van der Waals surface area contributed by atoms with Crippen LogP contribution in [-0.4, -0.2) is 5.91 Å². The van der Waals surface area contributed by atoms with Crippen molar-refractivity contribution in [1.82, 2.24) is 0 Å². The van der Waals surface area contributed by atoms with E-state index in [9.17, 15) is 13.6 Å². The fraction of sp³-hybridized carbons (Fsp3) is 0.136. The molecular weight excluding hydrogens is 348 g/mol. The zero-order chi connectivity index (χ0) is 18.9. The lowest BCUT2D eigenvalue weighted by molar-refractivity contribution is 0.0857. The number of halogens is 2. The molecule has 1 amide bonds. The second-order valence-corrected chi connectivity index (χ2v) is 7.03. The summed E-state index contributed by atoms with van der Waals surface area (Å²) in [5, 5.41) is 0. The number of aryl methyl sites for hydroxylation is 1. The Morgan fingerprint density at radius 1 is 0.926 bits per heavy atom. The molecular formula is C22H15F2NO2. The summed E-state index contributed by atoms with van der Waals surface area (Å²) >= 11 is 0. The first kappa shape index (κ1) is 16.1. The van der Waals surface area contributed by atoms with E-state index in [4.69, 9.17) is 10.5 Å². The summed E-state index contributed by atoms with van der Waals surface area (Å²) in [7, 11) is 0. The Bertz CT molecular complexity index is 1120. The molecule has 0 fully saturated rings. The molecule has 2 heterocycles. The topological polar surface area (TPSA) is 52.3 Å². The Labute approximate surface area is 154 Å². The van der Waals surface area contributed by atoms with E-state index in [1.165, 1.54) is 6.07 Å². The molecule has 0 aromatic heterocycles. The first-order valence-corrected chi connectivity index (χ1v) is 8.63. The van der Waals surface area contributed by atoms with Crippen molar-refractivity contribution in [3.63, 3.8) is 0 Å². The average molecular weight is 363 g/mol. The molecule has 2 aliphatic rings. The largest absolute Gasteiger partial charge is 0.366 e. The Hall–Kier alpha value is -3.05. The standard InChI is InChI=1S/C22H15F2NO2/c1-10-6-13(23)9-18(24)19(10)11-2-4-14-16(7-11)21-17-8-12(22(25)26)3-5-15(17)20(14)27-21/h2-9,20-21H,1H3,(H2,25,26). The number of nitrogens with two attached hydrogens (primary N) is 1. The van der Waals surface area contributed by atoms with Crippen LogP contribution in [0.1, 0.15) is 50.4 Å². The second-order valence-electron chi connectivity index (χ2n) is 7.03. The number of amides is 1. The quantitative estimate of drug-likeness (QED) is 0.726. The highest BCUT2D eigenvalue weighted by Crippen LogP contribution is 2.54. The van der Waals surface area contributed by atoms with Crippen LogP contribution in [0.2, 0.25) is 0 Å². The first-order chi connectivity index (χ1) is 12.9. The molecule has 3 aromatic rings. The van der Waals surface area contributed by atoms with E-state index in [2.05, 4.69) is 0 Å². The molecule has 3 aromatic carbocycles. The van der Waals surface area contributed by atoms with Gasteiger partial charge in [-0.15, -0.1) is 0 Å². The minimum absolute atomic E-state index is 0.199. The predicted octanol–water partition coefficient (Wildman–Crippen LogP) is 4.56. The van der Waals surface area contributed by atoms with Crippen molar-refractivity contribution in [3.8, 4) is 11.1 Å². The SMILES string of the molecule is Cc1cc(F)cc(F)c1-c1ccc2c(c1)C1OC2c2ccc(C(N)=O)cc21. The molecule has 0 radical (unpaired) electrons. The molecule has 5 rings (SSSR count). The van der Waals surface area contributed by atoms with Crippen LogP contribution < -0.4 is 5.73 Å². The smallest absolute Gasteiger partial charge is 0.248 e. The highest BCUT2D eigenvalue weighted by Gasteiger charge is 2.43. The Kier molecular flexibility index (Phi) is 3.27. The first-order valence-electron chi connectivity index (χ1n) is 8.63. The maximum Gasteiger partial charge on any atom is 0.248 e. The van der Waals surface area contributed by atoms with Gasteiger partial charge in [-0.1, -0.05) is 18.2 Å². The van der Waals surface area contributed by atoms with Crippen LogP contribution in [-0.2, 0) is 4.74 Å². The van der Waals surface area contributed by atoms with Crippen molar-refractivity contribution in [3.05, 3.63) is 93.5 Å². The highest BCUT2D eigenvalue weighted by atomic mass is 19.1. The third-order valence-corrected chi connectivity index (χ3v) is 5.40. The molecule has 0 aliphatic carbocycles. The van der Waals surface area contributed by atoms with Gasteiger partial charge in [-0.05, 0) is 64.6 Å². The van der Waals surface area contributed by atoms with E-state index in [0.29, 0.717) is 22.3 Å². The van der Waals surface area contributed by atoms with Crippen LogP contribution in [0.15, 0.2) is 48.5 Å². The van der Waals surface area contributed by atoms with Gasteiger partial charge in [-0.2, -0.15) is 0 Å². The van der Waals surface area contributed by atoms with E-state index in [0.717, 1.165) is 28.3 Å². The number of carbonyl (C=O) groups excluding carboxylic acids is 1. The summed E-state index contributed by atoms with van der Waals surface area (Å²) < 4.78 is 33.9. The van der Waals surface area contributed by atoms with Crippen molar-refractivity contribution in [2.45, 2.75) is 19.1 Å². The van der Waals surface area contributed by atoms with Gasteiger partial charge in [-0.3, -0.25) is 4.79 Å².